The first-order valence-corrected chi connectivity index (χ1v) is 5.21. The zero-order chi connectivity index (χ0) is 11.7. The van der Waals surface area contributed by atoms with E-state index in [1.807, 2.05) is 13.8 Å². The van der Waals surface area contributed by atoms with E-state index >= 15 is 0 Å². The van der Waals surface area contributed by atoms with Gasteiger partial charge in [0.15, 0.2) is 0 Å². The number of hydrogen-bond acceptors (Lipinski definition) is 4. The average Bonchev–Trinajstić information content (AvgIpc) is 2.25. The summed E-state index contributed by atoms with van der Waals surface area (Å²) in [6, 6.07) is 0.128. The molecule has 0 aliphatic heterocycles. The van der Waals surface area contributed by atoms with Crippen molar-refractivity contribution in [2.24, 2.45) is 5.92 Å². The van der Waals surface area contributed by atoms with Crippen LogP contribution in [0.15, 0.2) is 0 Å². The topological polar surface area (TPSA) is 70.6 Å². The van der Waals surface area contributed by atoms with Gasteiger partial charge in [-0.25, -0.2) is 0 Å². The number of aliphatic hydroxyl groups excluding tert-OH is 1. The number of methoxy groups -OCH3 is 1. The van der Waals surface area contributed by atoms with Crippen LogP contribution in [0.4, 0.5) is 0 Å². The number of aliphatic hydroxyl groups is 1. The van der Waals surface area contributed by atoms with Crippen molar-refractivity contribution in [2.75, 3.05) is 33.4 Å². The first-order valence-electron chi connectivity index (χ1n) is 5.21. The zero-order valence-electron chi connectivity index (χ0n) is 9.75. The molecule has 90 valence electrons. The van der Waals surface area contributed by atoms with Gasteiger partial charge in [0.1, 0.15) is 0 Å². The average molecular weight is 218 g/mol. The molecule has 2 atom stereocenters. The fraction of sp³-hybridized carbons (Fsp3) is 0.900. The highest BCUT2D eigenvalue weighted by atomic mass is 16.5. The maximum Gasteiger partial charge on any atom is 0.234 e. The van der Waals surface area contributed by atoms with E-state index in [0.717, 1.165) is 0 Å². The molecule has 0 saturated carbocycles. The van der Waals surface area contributed by atoms with E-state index in [0.29, 0.717) is 13.2 Å². The van der Waals surface area contributed by atoms with Crippen LogP contribution in [-0.2, 0) is 9.53 Å². The molecule has 0 rings (SSSR count). The van der Waals surface area contributed by atoms with Crippen molar-refractivity contribution >= 4 is 5.91 Å². The maximum atomic E-state index is 11.2. The lowest BCUT2D eigenvalue weighted by Gasteiger charge is -2.18. The summed E-state index contributed by atoms with van der Waals surface area (Å²) in [5.41, 5.74) is 0. The number of hydrogen-bond donors (Lipinski definition) is 3. The van der Waals surface area contributed by atoms with Gasteiger partial charge in [0.2, 0.25) is 5.91 Å². The predicted molar refractivity (Wildman–Crippen MR) is 58.6 cm³/mol. The van der Waals surface area contributed by atoms with Crippen molar-refractivity contribution in [2.45, 2.75) is 19.9 Å². The van der Waals surface area contributed by atoms with Crippen LogP contribution in [0, 0.1) is 5.92 Å². The van der Waals surface area contributed by atoms with Gasteiger partial charge in [-0.3, -0.25) is 4.79 Å². The molecule has 3 N–H and O–H groups in total. The van der Waals surface area contributed by atoms with E-state index in [2.05, 4.69) is 10.6 Å². The van der Waals surface area contributed by atoms with Gasteiger partial charge in [0, 0.05) is 26.3 Å². The SMILES string of the molecule is COCCNC(=O)CNC(C)C(C)CO. The minimum atomic E-state index is -0.0518. The zero-order valence-corrected chi connectivity index (χ0v) is 9.75. The molecule has 1 amide bonds. The summed E-state index contributed by atoms with van der Waals surface area (Å²) in [6.45, 7) is 5.33. The Morgan fingerprint density at radius 2 is 2.13 bits per heavy atom. The fourth-order valence-electron chi connectivity index (χ4n) is 0.968. The lowest BCUT2D eigenvalue weighted by molar-refractivity contribution is -0.120. The highest BCUT2D eigenvalue weighted by molar-refractivity contribution is 5.77. The van der Waals surface area contributed by atoms with Gasteiger partial charge in [-0.1, -0.05) is 6.92 Å². The Labute approximate surface area is 91.2 Å². The van der Waals surface area contributed by atoms with Crippen molar-refractivity contribution in [3.05, 3.63) is 0 Å². The molecule has 2 unspecified atom stereocenters. The standard InChI is InChI=1S/C10H22N2O3/c1-8(7-13)9(2)12-6-10(14)11-4-5-15-3/h8-9,12-13H,4-7H2,1-3H3,(H,11,14). The van der Waals surface area contributed by atoms with Gasteiger partial charge in [-0.05, 0) is 12.8 Å². The van der Waals surface area contributed by atoms with Gasteiger partial charge in [0.25, 0.3) is 0 Å². The highest BCUT2D eigenvalue weighted by Gasteiger charge is 2.11. The Morgan fingerprint density at radius 3 is 2.67 bits per heavy atom. The molecule has 0 aromatic carbocycles. The van der Waals surface area contributed by atoms with Crippen molar-refractivity contribution < 1.29 is 14.6 Å². The third-order valence-electron chi connectivity index (χ3n) is 2.35. The summed E-state index contributed by atoms with van der Waals surface area (Å²) < 4.78 is 4.81. The van der Waals surface area contributed by atoms with Crippen molar-refractivity contribution in [3.63, 3.8) is 0 Å². The number of carbonyl (C=O) groups excluding carboxylic acids is 1. The molecule has 0 aliphatic rings. The second-order valence-corrected chi connectivity index (χ2v) is 3.67. The first-order chi connectivity index (χ1) is 7.11. The second-order valence-electron chi connectivity index (χ2n) is 3.67. The third-order valence-corrected chi connectivity index (χ3v) is 2.35. The maximum absolute atomic E-state index is 11.2. The summed E-state index contributed by atoms with van der Waals surface area (Å²) in [5, 5.41) is 14.6. The van der Waals surface area contributed by atoms with E-state index < -0.39 is 0 Å². The lowest BCUT2D eigenvalue weighted by atomic mass is 10.1. The summed E-state index contributed by atoms with van der Waals surface area (Å²) >= 11 is 0. The van der Waals surface area contributed by atoms with Crippen LogP contribution in [0.1, 0.15) is 13.8 Å². The van der Waals surface area contributed by atoms with Crippen LogP contribution in [-0.4, -0.2) is 50.5 Å². The van der Waals surface area contributed by atoms with Crippen molar-refractivity contribution in [3.8, 4) is 0 Å². The summed E-state index contributed by atoms with van der Waals surface area (Å²) in [5.74, 6) is 0.0980. The number of carbonyl (C=O) groups is 1. The molecule has 0 aromatic heterocycles. The Kier molecular flexibility index (Phi) is 8.27. The molecule has 0 fully saturated rings. The van der Waals surface area contributed by atoms with Gasteiger partial charge >= 0.3 is 0 Å². The number of rotatable bonds is 8. The van der Waals surface area contributed by atoms with E-state index in [1.54, 1.807) is 7.11 Å². The number of amides is 1. The van der Waals surface area contributed by atoms with Gasteiger partial charge < -0.3 is 20.5 Å². The molecule has 0 saturated heterocycles. The molecule has 0 heterocycles. The predicted octanol–water partition coefficient (Wildman–Crippen LogP) is -0.644. The number of ether oxygens (including phenoxy) is 1. The Balaban J connectivity index is 3.52. The molecular formula is C10H22N2O3. The van der Waals surface area contributed by atoms with Crippen LogP contribution in [0.3, 0.4) is 0 Å². The monoisotopic (exact) mass is 218 g/mol. The molecule has 5 nitrogen and oxygen atoms in total. The molecule has 5 heteroatoms. The Bertz CT molecular complexity index is 176. The van der Waals surface area contributed by atoms with Crippen LogP contribution < -0.4 is 10.6 Å². The minimum Gasteiger partial charge on any atom is -0.396 e. The molecule has 15 heavy (non-hydrogen) atoms. The quantitative estimate of drug-likeness (QED) is 0.474. The van der Waals surface area contributed by atoms with Crippen molar-refractivity contribution in [1.82, 2.24) is 10.6 Å². The van der Waals surface area contributed by atoms with Gasteiger partial charge in [-0.2, -0.15) is 0 Å². The summed E-state index contributed by atoms with van der Waals surface area (Å²) in [6.07, 6.45) is 0. The minimum absolute atomic E-state index is 0.0518. The van der Waals surface area contributed by atoms with E-state index in [1.165, 1.54) is 0 Å². The second kappa shape index (κ2) is 8.64. The molecule has 0 aliphatic carbocycles. The summed E-state index contributed by atoms with van der Waals surface area (Å²) in [7, 11) is 1.59. The van der Waals surface area contributed by atoms with Crippen LogP contribution in [0.25, 0.3) is 0 Å². The third kappa shape index (κ3) is 7.30. The largest absolute Gasteiger partial charge is 0.396 e. The summed E-state index contributed by atoms with van der Waals surface area (Å²) in [4.78, 5) is 11.2. The van der Waals surface area contributed by atoms with Crippen LogP contribution in [0.5, 0.6) is 0 Å². The molecule has 0 bridgehead atoms. The smallest absolute Gasteiger partial charge is 0.234 e. The van der Waals surface area contributed by atoms with Crippen molar-refractivity contribution in [1.29, 1.82) is 0 Å². The molecular weight excluding hydrogens is 196 g/mol. The van der Waals surface area contributed by atoms with E-state index in [9.17, 15) is 4.79 Å². The lowest BCUT2D eigenvalue weighted by Crippen LogP contribution is -2.42. The fourth-order valence-corrected chi connectivity index (χ4v) is 0.968. The normalized spacial score (nSPS) is 14.7. The molecule has 0 spiro atoms. The van der Waals surface area contributed by atoms with E-state index in [-0.39, 0.29) is 31.0 Å². The van der Waals surface area contributed by atoms with Crippen LogP contribution in [0.2, 0.25) is 0 Å². The van der Waals surface area contributed by atoms with Gasteiger partial charge in [-0.15, -0.1) is 0 Å². The first kappa shape index (κ1) is 14.3. The molecule has 0 radical (unpaired) electrons. The van der Waals surface area contributed by atoms with Crippen LogP contribution >= 0.6 is 0 Å². The Morgan fingerprint density at radius 1 is 1.47 bits per heavy atom. The Hall–Kier alpha value is -0.650. The van der Waals surface area contributed by atoms with Gasteiger partial charge in [0.05, 0.1) is 13.2 Å². The van der Waals surface area contributed by atoms with E-state index in [4.69, 9.17) is 9.84 Å². The number of nitrogens with one attached hydrogen (secondary N) is 2. The molecule has 0 aromatic rings. The highest BCUT2D eigenvalue weighted by Crippen LogP contribution is 1.99.